The number of hydrogen-bond acceptors (Lipinski definition) is 4. The van der Waals surface area contributed by atoms with Gasteiger partial charge in [-0.1, -0.05) is 12.1 Å². The van der Waals surface area contributed by atoms with E-state index in [0.717, 1.165) is 55.8 Å². The highest BCUT2D eigenvalue weighted by atomic mass is 16.5. The van der Waals surface area contributed by atoms with E-state index in [-0.39, 0.29) is 11.4 Å². The molecule has 3 heterocycles. The van der Waals surface area contributed by atoms with Gasteiger partial charge in [0.15, 0.2) is 0 Å². The topological polar surface area (TPSA) is 70.2 Å². The van der Waals surface area contributed by atoms with Gasteiger partial charge >= 0.3 is 0 Å². The van der Waals surface area contributed by atoms with Gasteiger partial charge in [0.05, 0.1) is 18.3 Å². The Bertz CT molecular complexity index is 801. The Morgan fingerprint density at radius 1 is 1.35 bits per heavy atom. The summed E-state index contributed by atoms with van der Waals surface area (Å²) in [6.07, 6.45) is 4.32. The molecule has 0 bridgehead atoms. The zero-order valence-corrected chi connectivity index (χ0v) is 15.4. The number of nitrogens with zero attached hydrogens (tertiary/aromatic N) is 2. The number of likely N-dealkylation sites (tertiary alicyclic amines) is 1. The zero-order valence-electron chi connectivity index (χ0n) is 15.4. The van der Waals surface area contributed by atoms with E-state index < -0.39 is 0 Å². The second kappa shape index (κ2) is 6.76. The molecule has 1 amide bonds. The molecule has 0 radical (unpaired) electrons. The molecule has 0 spiro atoms. The standard InChI is InChI=1S/C20H26N4O2/c1-20-10-6-11-21-18(20)9-5-12-24(20)19(25)16-13-15(22-23-16)14-7-3-4-8-17(14)26-2/h3-4,7-8,13,18,21H,5-6,9-12H2,1-2H3,(H,22,23)/t18-,20+/m1/s1. The van der Waals surface area contributed by atoms with Crippen molar-refractivity contribution in [2.75, 3.05) is 20.2 Å². The van der Waals surface area contributed by atoms with Gasteiger partial charge in [0.1, 0.15) is 11.4 Å². The van der Waals surface area contributed by atoms with Crippen molar-refractivity contribution in [2.24, 2.45) is 0 Å². The van der Waals surface area contributed by atoms with Crippen LogP contribution in [0, 0.1) is 0 Å². The van der Waals surface area contributed by atoms with E-state index in [1.54, 1.807) is 7.11 Å². The molecule has 2 aliphatic heterocycles. The number of para-hydroxylation sites is 1. The number of piperidine rings is 2. The Kier molecular flexibility index (Phi) is 4.44. The number of amides is 1. The maximum atomic E-state index is 13.3. The summed E-state index contributed by atoms with van der Waals surface area (Å²) in [6.45, 7) is 4.07. The summed E-state index contributed by atoms with van der Waals surface area (Å²) in [6, 6.07) is 9.93. The molecular formula is C20H26N4O2. The summed E-state index contributed by atoms with van der Waals surface area (Å²) >= 11 is 0. The highest BCUT2D eigenvalue weighted by Gasteiger charge is 2.46. The molecule has 6 nitrogen and oxygen atoms in total. The summed E-state index contributed by atoms with van der Waals surface area (Å²) in [5, 5.41) is 10.9. The lowest BCUT2D eigenvalue weighted by molar-refractivity contribution is 0.00834. The van der Waals surface area contributed by atoms with Crippen molar-refractivity contribution in [3.05, 3.63) is 36.0 Å². The SMILES string of the molecule is COc1ccccc1-c1cc(C(=O)N2CCC[C@H]3NCCC[C@@]32C)[nH]n1. The van der Waals surface area contributed by atoms with Crippen molar-refractivity contribution in [3.8, 4) is 17.0 Å². The van der Waals surface area contributed by atoms with Gasteiger partial charge < -0.3 is 15.0 Å². The first kappa shape index (κ1) is 17.1. The number of benzene rings is 1. The third-order valence-corrected chi connectivity index (χ3v) is 5.93. The van der Waals surface area contributed by atoms with Gasteiger partial charge in [0.25, 0.3) is 5.91 Å². The smallest absolute Gasteiger partial charge is 0.272 e. The number of aromatic nitrogens is 2. The van der Waals surface area contributed by atoms with E-state index in [4.69, 9.17) is 4.74 Å². The molecule has 2 atom stereocenters. The van der Waals surface area contributed by atoms with Gasteiger partial charge in [0, 0.05) is 18.2 Å². The summed E-state index contributed by atoms with van der Waals surface area (Å²) < 4.78 is 5.42. The van der Waals surface area contributed by atoms with Crippen LogP contribution in [0.1, 0.15) is 43.1 Å². The molecule has 138 valence electrons. The first-order chi connectivity index (χ1) is 12.6. The third kappa shape index (κ3) is 2.78. The molecular weight excluding hydrogens is 328 g/mol. The number of aromatic amines is 1. The van der Waals surface area contributed by atoms with E-state index in [9.17, 15) is 4.79 Å². The Morgan fingerprint density at radius 3 is 3.04 bits per heavy atom. The van der Waals surface area contributed by atoms with Crippen LogP contribution in [-0.2, 0) is 0 Å². The van der Waals surface area contributed by atoms with Crippen LogP contribution < -0.4 is 10.1 Å². The van der Waals surface area contributed by atoms with Gasteiger partial charge in [-0.2, -0.15) is 5.10 Å². The van der Waals surface area contributed by atoms with Crippen LogP contribution in [0.3, 0.4) is 0 Å². The minimum absolute atomic E-state index is 0.0366. The number of rotatable bonds is 3. The first-order valence-corrected chi connectivity index (χ1v) is 9.37. The quantitative estimate of drug-likeness (QED) is 0.889. The molecule has 0 unspecified atom stereocenters. The molecule has 0 aliphatic carbocycles. The minimum Gasteiger partial charge on any atom is -0.496 e. The van der Waals surface area contributed by atoms with Crippen LogP contribution in [0.2, 0.25) is 0 Å². The number of methoxy groups -OCH3 is 1. The predicted octanol–water partition coefficient (Wildman–Crippen LogP) is 2.83. The lowest BCUT2D eigenvalue weighted by atomic mass is 9.77. The van der Waals surface area contributed by atoms with Crippen LogP contribution in [0.25, 0.3) is 11.3 Å². The Hall–Kier alpha value is -2.34. The molecule has 2 aliphatic rings. The van der Waals surface area contributed by atoms with Gasteiger partial charge in [-0.05, 0) is 57.4 Å². The maximum Gasteiger partial charge on any atom is 0.272 e. The number of H-pyrrole nitrogens is 1. The molecule has 0 saturated carbocycles. The summed E-state index contributed by atoms with van der Waals surface area (Å²) in [5.41, 5.74) is 2.03. The fraction of sp³-hybridized carbons (Fsp3) is 0.500. The van der Waals surface area contributed by atoms with Crippen LogP contribution in [0.15, 0.2) is 30.3 Å². The number of nitrogens with one attached hydrogen (secondary N) is 2. The lowest BCUT2D eigenvalue weighted by Gasteiger charge is -2.52. The largest absolute Gasteiger partial charge is 0.496 e. The Balaban J connectivity index is 1.62. The normalized spacial score (nSPS) is 25.6. The molecule has 4 rings (SSSR count). The van der Waals surface area contributed by atoms with Crippen LogP contribution >= 0.6 is 0 Å². The van der Waals surface area contributed by atoms with Crippen molar-refractivity contribution in [2.45, 2.75) is 44.2 Å². The first-order valence-electron chi connectivity index (χ1n) is 9.37. The van der Waals surface area contributed by atoms with Crippen LogP contribution in [-0.4, -0.2) is 52.8 Å². The molecule has 2 fully saturated rings. The average molecular weight is 354 g/mol. The molecule has 2 aromatic rings. The molecule has 2 N–H and O–H groups in total. The highest BCUT2D eigenvalue weighted by Crippen LogP contribution is 2.36. The summed E-state index contributed by atoms with van der Waals surface area (Å²) in [7, 11) is 1.64. The lowest BCUT2D eigenvalue weighted by Crippen LogP contribution is -2.66. The second-order valence-corrected chi connectivity index (χ2v) is 7.43. The molecule has 26 heavy (non-hydrogen) atoms. The van der Waals surface area contributed by atoms with E-state index >= 15 is 0 Å². The third-order valence-electron chi connectivity index (χ3n) is 5.93. The zero-order chi connectivity index (χ0) is 18.1. The molecule has 1 aromatic carbocycles. The average Bonchev–Trinajstić information content (AvgIpc) is 3.16. The fourth-order valence-electron chi connectivity index (χ4n) is 4.47. The van der Waals surface area contributed by atoms with Crippen LogP contribution in [0.5, 0.6) is 5.75 Å². The van der Waals surface area contributed by atoms with E-state index in [2.05, 4.69) is 22.4 Å². The second-order valence-electron chi connectivity index (χ2n) is 7.43. The number of hydrogen-bond donors (Lipinski definition) is 2. The van der Waals surface area contributed by atoms with Crippen molar-refractivity contribution >= 4 is 5.91 Å². The Labute approximate surface area is 153 Å². The fourth-order valence-corrected chi connectivity index (χ4v) is 4.47. The van der Waals surface area contributed by atoms with Crippen molar-refractivity contribution in [3.63, 3.8) is 0 Å². The van der Waals surface area contributed by atoms with E-state index in [1.807, 2.05) is 35.2 Å². The monoisotopic (exact) mass is 354 g/mol. The summed E-state index contributed by atoms with van der Waals surface area (Å²) in [5.74, 6) is 0.786. The van der Waals surface area contributed by atoms with Crippen molar-refractivity contribution in [1.29, 1.82) is 0 Å². The van der Waals surface area contributed by atoms with Gasteiger partial charge in [-0.25, -0.2) is 0 Å². The van der Waals surface area contributed by atoms with Crippen molar-refractivity contribution < 1.29 is 9.53 Å². The maximum absolute atomic E-state index is 13.3. The van der Waals surface area contributed by atoms with Gasteiger partial charge in [-0.15, -0.1) is 0 Å². The summed E-state index contributed by atoms with van der Waals surface area (Å²) in [4.78, 5) is 15.3. The van der Waals surface area contributed by atoms with Crippen molar-refractivity contribution in [1.82, 2.24) is 20.4 Å². The number of fused-ring (bicyclic) bond motifs is 1. The minimum atomic E-state index is -0.122. The van der Waals surface area contributed by atoms with E-state index in [0.29, 0.717) is 11.7 Å². The molecule has 1 aromatic heterocycles. The van der Waals surface area contributed by atoms with Gasteiger partial charge in [-0.3, -0.25) is 9.89 Å². The highest BCUT2D eigenvalue weighted by molar-refractivity contribution is 5.94. The molecule has 6 heteroatoms. The van der Waals surface area contributed by atoms with Gasteiger partial charge in [0.2, 0.25) is 0 Å². The van der Waals surface area contributed by atoms with Crippen LogP contribution in [0.4, 0.5) is 0 Å². The van der Waals surface area contributed by atoms with E-state index in [1.165, 1.54) is 0 Å². The Morgan fingerprint density at radius 2 is 2.19 bits per heavy atom. The number of carbonyl (C=O) groups is 1. The number of ether oxygens (including phenoxy) is 1. The molecule has 2 saturated heterocycles. The predicted molar refractivity (Wildman–Crippen MR) is 100 cm³/mol. The number of carbonyl (C=O) groups excluding carboxylic acids is 1.